The molecule has 5 heteroatoms. The van der Waals surface area contributed by atoms with Crippen LogP contribution >= 0.6 is 0 Å². The van der Waals surface area contributed by atoms with Crippen molar-refractivity contribution >= 4 is 11.9 Å². The number of likely N-dealkylation sites (tertiary alicyclic amines) is 1. The van der Waals surface area contributed by atoms with Gasteiger partial charge in [-0.1, -0.05) is 0 Å². The Morgan fingerprint density at radius 2 is 1.69 bits per heavy atom. The molecule has 0 amide bonds. The molecule has 1 rings (SSSR count). The molecular formula is C8H11NO4. The molecule has 1 saturated heterocycles. The highest BCUT2D eigenvalue weighted by Crippen LogP contribution is 2.14. The monoisotopic (exact) mass is 185 g/mol. The van der Waals surface area contributed by atoms with Crippen molar-refractivity contribution in [2.24, 2.45) is 0 Å². The SMILES string of the molecule is O=C(O)/C=C(/C(=O)O)N1CCCC1. The Bertz CT molecular complexity index is 253. The minimum absolute atomic E-state index is 0.120. The van der Waals surface area contributed by atoms with Crippen LogP contribution in [0.1, 0.15) is 12.8 Å². The van der Waals surface area contributed by atoms with E-state index in [0.717, 1.165) is 18.9 Å². The third kappa shape index (κ3) is 2.47. The molecule has 72 valence electrons. The van der Waals surface area contributed by atoms with Crippen LogP contribution in [0.4, 0.5) is 0 Å². The van der Waals surface area contributed by atoms with Gasteiger partial charge in [-0.05, 0) is 12.8 Å². The number of aliphatic carboxylic acids is 2. The van der Waals surface area contributed by atoms with E-state index in [1.54, 1.807) is 4.90 Å². The Morgan fingerprint density at radius 3 is 2.08 bits per heavy atom. The molecule has 0 spiro atoms. The Kier molecular flexibility index (Phi) is 2.89. The first-order valence-electron chi connectivity index (χ1n) is 4.04. The summed E-state index contributed by atoms with van der Waals surface area (Å²) >= 11 is 0. The second-order valence-corrected chi connectivity index (χ2v) is 2.87. The predicted molar refractivity (Wildman–Crippen MR) is 44.2 cm³/mol. The van der Waals surface area contributed by atoms with Crippen molar-refractivity contribution < 1.29 is 19.8 Å². The van der Waals surface area contributed by atoms with Crippen molar-refractivity contribution in [1.82, 2.24) is 4.90 Å². The number of hydrogen-bond acceptors (Lipinski definition) is 3. The molecule has 0 saturated carbocycles. The molecule has 2 N–H and O–H groups in total. The van der Waals surface area contributed by atoms with Gasteiger partial charge in [-0.15, -0.1) is 0 Å². The number of carbonyl (C=O) groups is 2. The van der Waals surface area contributed by atoms with Gasteiger partial charge in [-0.3, -0.25) is 0 Å². The Hall–Kier alpha value is -1.52. The highest BCUT2D eigenvalue weighted by molar-refractivity contribution is 5.94. The van der Waals surface area contributed by atoms with Crippen molar-refractivity contribution in [3.63, 3.8) is 0 Å². The Morgan fingerprint density at radius 1 is 1.15 bits per heavy atom. The van der Waals surface area contributed by atoms with Gasteiger partial charge in [0.1, 0.15) is 5.70 Å². The van der Waals surface area contributed by atoms with Crippen molar-refractivity contribution in [2.45, 2.75) is 12.8 Å². The van der Waals surface area contributed by atoms with Gasteiger partial charge < -0.3 is 15.1 Å². The lowest BCUT2D eigenvalue weighted by Crippen LogP contribution is -2.25. The van der Waals surface area contributed by atoms with Gasteiger partial charge in [-0.25, -0.2) is 9.59 Å². The first kappa shape index (κ1) is 9.57. The summed E-state index contributed by atoms with van der Waals surface area (Å²) < 4.78 is 0. The molecule has 0 aliphatic carbocycles. The largest absolute Gasteiger partial charge is 0.478 e. The third-order valence-corrected chi connectivity index (χ3v) is 1.93. The van der Waals surface area contributed by atoms with Crippen LogP contribution in [0.15, 0.2) is 11.8 Å². The first-order chi connectivity index (χ1) is 6.11. The summed E-state index contributed by atoms with van der Waals surface area (Å²) in [5, 5.41) is 17.1. The van der Waals surface area contributed by atoms with Crippen LogP contribution in [0, 0.1) is 0 Å². The fourth-order valence-electron chi connectivity index (χ4n) is 1.36. The molecule has 0 bridgehead atoms. The molecule has 1 heterocycles. The molecule has 0 aromatic heterocycles. The second kappa shape index (κ2) is 3.93. The van der Waals surface area contributed by atoms with E-state index in [4.69, 9.17) is 10.2 Å². The molecule has 13 heavy (non-hydrogen) atoms. The lowest BCUT2D eigenvalue weighted by atomic mass is 10.3. The molecule has 0 aromatic rings. The summed E-state index contributed by atoms with van der Waals surface area (Å²) in [6.45, 7) is 1.26. The summed E-state index contributed by atoms with van der Waals surface area (Å²) in [4.78, 5) is 22.5. The van der Waals surface area contributed by atoms with E-state index in [-0.39, 0.29) is 5.70 Å². The minimum Gasteiger partial charge on any atom is -0.478 e. The fourth-order valence-corrected chi connectivity index (χ4v) is 1.36. The van der Waals surface area contributed by atoms with Gasteiger partial charge in [0.2, 0.25) is 0 Å². The average Bonchev–Trinajstić information content (AvgIpc) is 2.50. The van der Waals surface area contributed by atoms with Crippen LogP contribution in [0.25, 0.3) is 0 Å². The normalized spacial score (nSPS) is 17.5. The summed E-state index contributed by atoms with van der Waals surface area (Å²) in [6, 6.07) is 0. The van der Waals surface area contributed by atoms with E-state index in [1.807, 2.05) is 0 Å². The third-order valence-electron chi connectivity index (χ3n) is 1.93. The van der Waals surface area contributed by atoms with Gasteiger partial charge in [-0.2, -0.15) is 0 Å². The number of hydrogen-bond donors (Lipinski definition) is 2. The molecule has 0 aromatic carbocycles. The zero-order valence-electron chi connectivity index (χ0n) is 7.06. The van der Waals surface area contributed by atoms with Gasteiger partial charge in [0.25, 0.3) is 0 Å². The summed E-state index contributed by atoms with van der Waals surface area (Å²) in [5.41, 5.74) is -0.120. The first-order valence-corrected chi connectivity index (χ1v) is 4.04. The molecule has 1 aliphatic rings. The van der Waals surface area contributed by atoms with Crippen molar-refractivity contribution in [3.8, 4) is 0 Å². The van der Waals surface area contributed by atoms with Crippen LogP contribution in [-0.4, -0.2) is 40.1 Å². The average molecular weight is 185 g/mol. The maximum absolute atomic E-state index is 10.6. The van der Waals surface area contributed by atoms with E-state index in [2.05, 4.69) is 0 Å². The van der Waals surface area contributed by atoms with Crippen molar-refractivity contribution in [3.05, 3.63) is 11.8 Å². The van der Waals surface area contributed by atoms with Crippen molar-refractivity contribution in [2.75, 3.05) is 13.1 Å². The number of carboxylic acid groups (broad SMARTS) is 2. The molecule has 5 nitrogen and oxygen atoms in total. The smallest absolute Gasteiger partial charge is 0.352 e. The predicted octanol–water partition coefficient (Wildman–Crippen LogP) is 0.135. The molecule has 1 fully saturated rings. The van der Waals surface area contributed by atoms with Crippen molar-refractivity contribution in [1.29, 1.82) is 0 Å². The van der Waals surface area contributed by atoms with Gasteiger partial charge in [0.05, 0.1) is 6.08 Å². The standard InChI is InChI=1S/C8H11NO4/c10-7(11)5-6(8(12)13)9-3-1-2-4-9/h5H,1-4H2,(H,10,11)(H,12,13)/b6-5-. The van der Waals surface area contributed by atoms with Crippen LogP contribution in [0.3, 0.4) is 0 Å². The summed E-state index contributed by atoms with van der Waals surface area (Å²) in [7, 11) is 0. The zero-order valence-corrected chi connectivity index (χ0v) is 7.06. The molecule has 1 aliphatic heterocycles. The summed E-state index contributed by atoms with van der Waals surface area (Å²) in [6.07, 6.45) is 2.59. The number of rotatable bonds is 3. The second-order valence-electron chi connectivity index (χ2n) is 2.87. The van der Waals surface area contributed by atoms with Gasteiger partial charge >= 0.3 is 11.9 Å². The molecule has 0 atom stereocenters. The minimum atomic E-state index is -1.22. The maximum Gasteiger partial charge on any atom is 0.352 e. The summed E-state index contributed by atoms with van der Waals surface area (Å²) in [5.74, 6) is -2.39. The van der Waals surface area contributed by atoms with Crippen LogP contribution in [0.2, 0.25) is 0 Å². The highest BCUT2D eigenvalue weighted by atomic mass is 16.4. The lowest BCUT2D eigenvalue weighted by Gasteiger charge is -2.16. The van der Waals surface area contributed by atoms with Crippen LogP contribution < -0.4 is 0 Å². The molecule has 0 unspecified atom stereocenters. The fraction of sp³-hybridized carbons (Fsp3) is 0.500. The Labute approximate surface area is 75.3 Å². The topological polar surface area (TPSA) is 77.8 Å². The van der Waals surface area contributed by atoms with Gasteiger partial charge in [0, 0.05) is 13.1 Å². The lowest BCUT2D eigenvalue weighted by molar-refractivity contribution is -0.136. The van der Waals surface area contributed by atoms with E-state index in [0.29, 0.717) is 13.1 Å². The van der Waals surface area contributed by atoms with E-state index < -0.39 is 11.9 Å². The highest BCUT2D eigenvalue weighted by Gasteiger charge is 2.20. The molecule has 0 radical (unpaired) electrons. The zero-order chi connectivity index (χ0) is 9.84. The van der Waals surface area contributed by atoms with Crippen LogP contribution in [-0.2, 0) is 9.59 Å². The number of carboxylic acids is 2. The van der Waals surface area contributed by atoms with Crippen LogP contribution in [0.5, 0.6) is 0 Å². The van der Waals surface area contributed by atoms with Gasteiger partial charge in [0.15, 0.2) is 0 Å². The Balaban J connectivity index is 2.78. The number of nitrogens with zero attached hydrogens (tertiary/aromatic N) is 1. The van der Waals surface area contributed by atoms with E-state index in [1.165, 1.54) is 0 Å². The maximum atomic E-state index is 10.6. The van der Waals surface area contributed by atoms with E-state index in [9.17, 15) is 9.59 Å². The van der Waals surface area contributed by atoms with E-state index >= 15 is 0 Å². The quantitative estimate of drug-likeness (QED) is 0.611. The molecular weight excluding hydrogens is 174 g/mol.